The maximum Gasteiger partial charge on any atom is 0.0877 e. The summed E-state index contributed by atoms with van der Waals surface area (Å²) in [5.41, 5.74) is 8.76. The van der Waals surface area contributed by atoms with Gasteiger partial charge < -0.3 is 5.73 Å². The number of aromatic nitrogens is 2. The van der Waals surface area contributed by atoms with Gasteiger partial charge in [-0.15, -0.1) is 0 Å². The molecule has 2 N–H and O–H groups in total. The first-order chi connectivity index (χ1) is 6.68. The van der Waals surface area contributed by atoms with Gasteiger partial charge in [0.25, 0.3) is 0 Å². The highest BCUT2D eigenvalue weighted by Gasteiger charge is 2.04. The van der Waals surface area contributed by atoms with Crippen molar-refractivity contribution in [1.82, 2.24) is 9.78 Å². The summed E-state index contributed by atoms with van der Waals surface area (Å²) < 4.78 is 2.90. The molecule has 1 aromatic heterocycles. The number of hydrogen-bond donors (Lipinski definition) is 1. The Morgan fingerprint density at radius 1 is 1.43 bits per heavy atom. The summed E-state index contributed by atoms with van der Waals surface area (Å²) in [5.74, 6) is 0. The Labute approximate surface area is 96.1 Å². The minimum Gasteiger partial charge on any atom is -0.397 e. The van der Waals surface area contributed by atoms with Gasteiger partial charge in [0.05, 0.1) is 21.1 Å². The van der Waals surface area contributed by atoms with Crippen molar-refractivity contribution < 1.29 is 0 Å². The van der Waals surface area contributed by atoms with E-state index in [-0.39, 0.29) is 0 Å². The fourth-order valence-corrected chi connectivity index (χ4v) is 1.69. The van der Waals surface area contributed by atoms with Crippen LogP contribution in [0.4, 0.5) is 5.69 Å². The molecule has 1 aromatic carbocycles. The zero-order valence-corrected chi connectivity index (χ0v) is 9.89. The van der Waals surface area contributed by atoms with E-state index in [4.69, 9.17) is 5.73 Å². The molecule has 0 aliphatic heterocycles. The molecule has 0 spiro atoms. The highest BCUT2D eigenvalue weighted by Crippen LogP contribution is 2.20. The number of anilines is 1. The van der Waals surface area contributed by atoms with Crippen molar-refractivity contribution in [3.8, 4) is 5.69 Å². The Morgan fingerprint density at radius 2 is 2.21 bits per heavy atom. The maximum atomic E-state index is 5.96. The lowest BCUT2D eigenvalue weighted by atomic mass is 10.2. The van der Waals surface area contributed by atoms with Crippen molar-refractivity contribution in [2.24, 2.45) is 0 Å². The van der Waals surface area contributed by atoms with Crippen molar-refractivity contribution in [3.05, 3.63) is 39.7 Å². The molecule has 0 atom stereocenters. The number of para-hydroxylation sites is 1. The summed E-state index contributed by atoms with van der Waals surface area (Å²) in [6, 6.07) is 5.94. The van der Waals surface area contributed by atoms with Crippen LogP contribution in [0.25, 0.3) is 5.69 Å². The minimum absolute atomic E-state index is 0.784. The van der Waals surface area contributed by atoms with Crippen LogP contribution in [0.15, 0.2) is 30.6 Å². The molecule has 72 valence electrons. The van der Waals surface area contributed by atoms with E-state index in [0.717, 1.165) is 20.5 Å². The number of nitrogens with two attached hydrogens (primary N) is 1. The average molecular weight is 299 g/mol. The van der Waals surface area contributed by atoms with Gasteiger partial charge in [-0.2, -0.15) is 5.10 Å². The number of benzene rings is 1. The maximum absolute atomic E-state index is 5.96. The van der Waals surface area contributed by atoms with Crippen LogP contribution in [0.5, 0.6) is 0 Å². The molecule has 0 radical (unpaired) electrons. The quantitative estimate of drug-likeness (QED) is 0.649. The van der Waals surface area contributed by atoms with Crippen LogP contribution in [0.3, 0.4) is 0 Å². The van der Waals surface area contributed by atoms with Gasteiger partial charge in [-0.25, -0.2) is 4.68 Å². The fraction of sp³-hybridized carbons (Fsp3) is 0.100. The first kappa shape index (κ1) is 9.51. The van der Waals surface area contributed by atoms with Crippen LogP contribution in [0, 0.1) is 10.5 Å². The third-order valence-corrected chi connectivity index (χ3v) is 2.66. The smallest absolute Gasteiger partial charge is 0.0877 e. The number of rotatable bonds is 1. The third-order valence-electron chi connectivity index (χ3n) is 2.10. The highest BCUT2D eigenvalue weighted by atomic mass is 127. The Morgan fingerprint density at radius 3 is 2.86 bits per heavy atom. The van der Waals surface area contributed by atoms with Gasteiger partial charge >= 0.3 is 0 Å². The van der Waals surface area contributed by atoms with E-state index in [1.54, 1.807) is 4.68 Å². The van der Waals surface area contributed by atoms with Gasteiger partial charge in [-0.1, -0.05) is 12.1 Å². The number of nitrogen functional groups attached to an aromatic ring is 1. The molecule has 1 heterocycles. The summed E-state index contributed by atoms with van der Waals surface area (Å²) in [5, 5.41) is 4.22. The third kappa shape index (κ3) is 1.61. The summed E-state index contributed by atoms with van der Waals surface area (Å²) in [6.45, 7) is 1.99. The lowest BCUT2D eigenvalue weighted by Crippen LogP contribution is -2.01. The SMILES string of the molecule is Cc1cccc(-n2cc(I)cn2)c1N. The van der Waals surface area contributed by atoms with Crippen LogP contribution < -0.4 is 5.73 Å². The molecule has 4 heteroatoms. The zero-order valence-electron chi connectivity index (χ0n) is 7.74. The highest BCUT2D eigenvalue weighted by molar-refractivity contribution is 14.1. The summed E-state index contributed by atoms with van der Waals surface area (Å²) in [6.07, 6.45) is 3.76. The second-order valence-corrected chi connectivity index (χ2v) is 4.36. The monoisotopic (exact) mass is 299 g/mol. The zero-order chi connectivity index (χ0) is 10.1. The molecule has 0 aliphatic rings. The molecular weight excluding hydrogens is 289 g/mol. The molecule has 0 fully saturated rings. The molecule has 14 heavy (non-hydrogen) atoms. The van der Waals surface area contributed by atoms with Crippen LogP contribution in [-0.4, -0.2) is 9.78 Å². The Balaban J connectivity index is 2.57. The van der Waals surface area contributed by atoms with Crippen molar-refractivity contribution in [3.63, 3.8) is 0 Å². The number of halogens is 1. The predicted octanol–water partition coefficient (Wildman–Crippen LogP) is 2.37. The van der Waals surface area contributed by atoms with E-state index < -0.39 is 0 Å². The first-order valence-corrected chi connectivity index (χ1v) is 5.32. The molecule has 3 nitrogen and oxygen atoms in total. The van der Waals surface area contributed by atoms with Crippen molar-refractivity contribution >= 4 is 28.3 Å². The Bertz CT molecular complexity index is 462. The van der Waals surface area contributed by atoms with Gasteiger partial charge in [0, 0.05) is 6.20 Å². The van der Waals surface area contributed by atoms with Gasteiger partial charge in [-0.3, -0.25) is 0 Å². The largest absolute Gasteiger partial charge is 0.397 e. The second kappa shape index (κ2) is 3.61. The van der Waals surface area contributed by atoms with E-state index in [9.17, 15) is 0 Å². The number of nitrogens with zero attached hydrogens (tertiary/aromatic N) is 2. The molecule has 0 aliphatic carbocycles. The second-order valence-electron chi connectivity index (χ2n) is 3.11. The normalized spacial score (nSPS) is 10.4. The Kier molecular flexibility index (Phi) is 2.45. The van der Waals surface area contributed by atoms with E-state index in [0.29, 0.717) is 0 Å². The average Bonchev–Trinajstić information content (AvgIpc) is 2.57. The van der Waals surface area contributed by atoms with Crippen molar-refractivity contribution in [2.75, 3.05) is 5.73 Å². The number of hydrogen-bond acceptors (Lipinski definition) is 2. The molecule has 0 saturated heterocycles. The molecular formula is C10H10IN3. The molecule has 0 saturated carbocycles. The Hall–Kier alpha value is -1.04. The van der Waals surface area contributed by atoms with E-state index in [1.165, 1.54) is 0 Å². The van der Waals surface area contributed by atoms with Crippen LogP contribution in [-0.2, 0) is 0 Å². The van der Waals surface area contributed by atoms with Crippen LogP contribution >= 0.6 is 22.6 Å². The van der Waals surface area contributed by atoms with E-state index in [2.05, 4.69) is 27.7 Å². The van der Waals surface area contributed by atoms with Gasteiger partial charge in [0.15, 0.2) is 0 Å². The van der Waals surface area contributed by atoms with E-state index >= 15 is 0 Å². The summed E-state index contributed by atoms with van der Waals surface area (Å²) >= 11 is 2.22. The molecule has 0 unspecified atom stereocenters. The first-order valence-electron chi connectivity index (χ1n) is 4.24. The predicted molar refractivity (Wildman–Crippen MR) is 65.4 cm³/mol. The molecule has 0 bridgehead atoms. The topological polar surface area (TPSA) is 43.8 Å². The molecule has 0 amide bonds. The van der Waals surface area contributed by atoms with Crippen LogP contribution in [0.2, 0.25) is 0 Å². The molecule has 2 aromatic rings. The van der Waals surface area contributed by atoms with E-state index in [1.807, 2.05) is 37.5 Å². The minimum atomic E-state index is 0.784. The summed E-state index contributed by atoms with van der Waals surface area (Å²) in [7, 11) is 0. The van der Waals surface area contributed by atoms with Gasteiger partial charge in [0.1, 0.15) is 0 Å². The number of aryl methyl sites for hydroxylation is 1. The summed E-state index contributed by atoms with van der Waals surface area (Å²) in [4.78, 5) is 0. The lowest BCUT2D eigenvalue weighted by molar-refractivity contribution is 0.881. The van der Waals surface area contributed by atoms with Gasteiger partial charge in [-0.05, 0) is 41.1 Å². The van der Waals surface area contributed by atoms with Gasteiger partial charge in [0.2, 0.25) is 0 Å². The lowest BCUT2D eigenvalue weighted by Gasteiger charge is -2.07. The van der Waals surface area contributed by atoms with Crippen molar-refractivity contribution in [2.45, 2.75) is 6.92 Å². The standard InChI is InChI=1S/C10H10IN3/c1-7-3-2-4-9(10(7)12)14-6-8(11)5-13-14/h2-6H,12H2,1H3. The van der Waals surface area contributed by atoms with Crippen LogP contribution in [0.1, 0.15) is 5.56 Å². The van der Waals surface area contributed by atoms with Crippen molar-refractivity contribution in [1.29, 1.82) is 0 Å². The fourth-order valence-electron chi connectivity index (χ4n) is 1.30. The molecule has 2 rings (SSSR count).